The monoisotopic (exact) mass is 361 g/mol. The normalized spacial score (nSPS) is 15.7. The van der Waals surface area contributed by atoms with Gasteiger partial charge in [-0.15, -0.1) is 10.2 Å². The topological polar surface area (TPSA) is 75.6 Å². The van der Waals surface area contributed by atoms with Crippen molar-refractivity contribution < 1.29 is 0 Å². The van der Waals surface area contributed by atoms with E-state index in [9.17, 15) is 0 Å². The molecule has 1 aliphatic rings. The first-order valence-corrected chi connectivity index (χ1v) is 9.28. The summed E-state index contributed by atoms with van der Waals surface area (Å²) in [7, 11) is 2.06. The molecule has 3 aromatic rings. The number of aromatic nitrogens is 5. The second-order valence-electron chi connectivity index (χ2n) is 7.13. The Hall–Kier alpha value is -2.98. The van der Waals surface area contributed by atoms with Crippen molar-refractivity contribution in [3.05, 3.63) is 65.8 Å². The first-order chi connectivity index (χ1) is 13.2. The van der Waals surface area contributed by atoms with Crippen molar-refractivity contribution in [2.75, 3.05) is 13.1 Å². The Labute approximate surface area is 158 Å². The molecule has 7 nitrogen and oxygen atoms in total. The molecule has 0 saturated carbocycles. The van der Waals surface area contributed by atoms with Crippen molar-refractivity contribution in [2.24, 2.45) is 7.05 Å². The van der Waals surface area contributed by atoms with E-state index in [1.165, 1.54) is 5.56 Å². The second-order valence-corrected chi connectivity index (χ2v) is 7.13. The highest BCUT2D eigenvalue weighted by Crippen LogP contribution is 2.27. The summed E-state index contributed by atoms with van der Waals surface area (Å²) in [5.41, 5.74) is 1.97. The first kappa shape index (κ1) is 17.4. The Balaban J connectivity index is 1.35. The molecule has 0 radical (unpaired) electrons. The number of nitrogens with zero attached hydrogens (tertiary/aromatic N) is 7. The summed E-state index contributed by atoms with van der Waals surface area (Å²) >= 11 is 0. The van der Waals surface area contributed by atoms with Crippen molar-refractivity contribution in [3.8, 4) is 6.07 Å². The molecule has 1 saturated heterocycles. The number of hydrogen-bond acceptors (Lipinski definition) is 5. The smallest absolute Gasteiger partial charge is 0.152 e. The van der Waals surface area contributed by atoms with E-state index in [-0.39, 0.29) is 0 Å². The lowest BCUT2D eigenvalue weighted by Crippen LogP contribution is -2.33. The Bertz CT molecular complexity index is 910. The number of imidazole rings is 1. The van der Waals surface area contributed by atoms with Gasteiger partial charge in [-0.2, -0.15) is 5.26 Å². The number of piperidine rings is 1. The van der Waals surface area contributed by atoms with Crippen LogP contribution in [0.4, 0.5) is 0 Å². The third-order valence-corrected chi connectivity index (χ3v) is 5.32. The third-order valence-electron chi connectivity index (χ3n) is 5.32. The van der Waals surface area contributed by atoms with Crippen LogP contribution in [0.15, 0.2) is 43.0 Å². The molecule has 1 aromatic carbocycles. The van der Waals surface area contributed by atoms with E-state index in [1.807, 2.05) is 22.9 Å². The van der Waals surface area contributed by atoms with Crippen molar-refractivity contribution in [2.45, 2.75) is 31.8 Å². The van der Waals surface area contributed by atoms with Crippen LogP contribution in [0.1, 0.15) is 41.5 Å². The molecular weight excluding hydrogens is 338 g/mol. The van der Waals surface area contributed by atoms with Crippen molar-refractivity contribution in [3.63, 3.8) is 0 Å². The summed E-state index contributed by atoms with van der Waals surface area (Å²) in [6, 6.07) is 10.1. The molecule has 4 rings (SSSR count). The fraction of sp³-hybridized carbons (Fsp3) is 0.400. The Morgan fingerprint density at radius 1 is 1.11 bits per heavy atom. The first-order valence-electron chi connectivity index (χ1n) is 9.28. The molecule has 3 heterocycles. The van der Waals surface area contributed by atoms with E-state index >= 15 is 0 Å². The standard InChI is InChI=1S/C20H23N7/c1-25-19(14-27-11-8-22-15-27)23-24-20(25)18-6-9-26(10-7-18)13-17-4-2-16(12-21)3-5-17/h2-5,8,11,15,18H,6-7,9-10,13-14H2,1H3. The third kappa shape index (κ3) is 3.91. The van der Waals surface area contributed by atoms with Gasteiger partial charge in [0, 0.05) is 31.9 Å². The van der Waals surface area contributed by atoms with E-state index in [4.69, 9.17) is 5.26 Å². The highest BCUT2D eigenvalue weighted by molar-refractivity contribution is 5.31. The molecule has 0 bridgehead atoms. The SMILES string of the molecule is Cn1c(Cn2ccnc2)nnc1C1CCN(Cc2ccc(C#N)cc2)CC1. The predicted molar refractivity (Wildman–Crippen MR) is 101 cm³/mol. The predicted octanol–water partition coefficient (Wildman–Crippen LogP) is 2.31. The summed E-state index contributed by atoms with van der Waals surface area (Å²) in [5.74, 6) is 2.50. The molecule has 138 valence electrons. The molecule has 7 heteroatoms. The molecular formula is C20H23N7. The van der Waals surface area contributed by atoms with Gasteiger partial charge in [0.2, 0.25) is 0 Å². The molecule has 0 amide bonds. The number of rotatable bonds is 5. The molecule has 1 aliphatic heterocycles. The molecule has 0 aliphatic carbocycles. The lowest BCUT2D eigenvalue weighted by molar-refractivity contribution is 0.200. The van der Waals surface area contributed by atoms with Gasteiger partial charge in [0.1, 0.15) is 5.82 Å². The fourth-order valence-corrected chi connectivity index (χ4v) is 3.70. The number of benzene rings is 1. The van der Waals surface area contributed by atoms with Crippen LogP contribution < -0.4 is 0 Å². The van der Waals surface area contributed by atoms with Gasteiger partial charge in [-0.25, -0.2) is 4.98 Å². The minimum Gasteiger partial charge on any atom is -0.330 e. The van der Waals surface area contributed by atoms with Crippen LogP contribution in [-0.4, -0.2) is 42.3 Å². The van der Waals surface area contributed by atoms with Crippen LogP contribution >= 0.6 is 0 Å². The molecule has 0 N–H and O–H groups in total. The summed E-state index contributed by atoms with van der Waals surface area (Å²) in [4.78, 5) is 6.55. The Morgan fingerprint density at radius 3 is 2.56 bits per heavy atom. The maximum atomic E-state index is 8.91. The zero-order chi connectivity index (χ0) is 18.6. The van der Waals surface area contributed by atoms with E-state index in [0.717, 1.165) is 44.1 Å². The van der Waals surface area contributed by atoms with Crippen molar-refractivity contribution in [1.29, 1.82) is 5.26 Å². The summed E-state index contributed by atoms with van der Waals surface area (Å²) in [6.07, 6.45) is 7.70. The lowest BCUT2D eigenvalue weighted by atomic mass is 9.95. The van der Waals surface area contributed by atoms with Crippen molar-refractivity contribution >= 4 is 0 Å². The van der Waals surface area contributed by atoms with Crippen LogP contribution in [0.2, 0.25) is 0 Å². The van der Waals surface area contributed by atoms with Crippen LogP contribution in [-0.2, 0) is 20.1 Å². The highest BCUT2D eigenvalue weighted by atomic mass is 15.3. The minimum atomic E-state index is 0.455. The molecule has 2 aromatic heterocycles. The van der Waals surface area contributed by atoms with Gasteiger partial charge in [-0.3, -0.25) is 4.90 Å². The van der Waals surface area contributed by atoms with Gasteiger partial charge in [0.25, 0.3) is 0 Å². The molecule has 0 unspecified atom stereocenters. The van der Waals surface area contributed by atoms with Gasteiger partial charge in [0.05, 0.1) is 24.5 Å². The van der Waals surface area contributed by atoms with Gasteiger partial charge in [-0.05, 0) is 43.6 Å². The van der Waals surface area contributed by atoms with Crippen LogP contribution in [0, 0.1) is 11.3 Å². The highest BCUT2D eigenvalue weighted by Gasteiger charge is 2.25. The fourth-order valence-electron chi connectivity index (χ4n) is 3.70. The van der Waals surface area contributed by atoms with Crippen LogP contribution in [0.5, 0.6) is 0 Å². The summed E-state index contributed by atoms with van der Waals surface area (Å²) < 4.78 is 4.15. The van der Waals surface area contributed by atoms with Gasteiger partial charge in [-0.1, -0.05) is 12.1 Å². The average Bonchev–Trinajstić information content (AvgIpc) is 3.34. The van der Waals surface area contributed by atoms with Crippen LogP contribution in [0.25, 0.3) is 0 Å². The second kappa shape index (κ2) is 7.72. The minimum absolute atomic E-state index is 0.455. The van der Waals surface area contributed by atoms with Gasteiger partial charge < -0.3 is 9.13 Å². The molecule has 0 spiro atoms. The average molecular weight is 361 g/mol. The largest absolute Gasteiger partial charge is 0.330 e. The summed E-state index contributed by atoms with van der Waals surface area (Å²) in [5, 5.41) is 17.8. The number of hydrogen-bond donors (Lipinski definition) is 0. The summed E-state index contributed by atoms with van der Waals surface area (Å²) in [6.45, 7) is 3.73. The van der Waals surface area contributed by atoms with E-state index in [0.29, 0.717) is 18.0 Å². The lowest BCUT2D eigenvalue weighted by Gasteiger charge is -2.31. The molecule has 1 fully saturated rings. The zero-order valence-corrected chi connectivity index (χ0v) is 15.5. The van der Waals surface area contributed by atoms with Crippen LogP contribution in [0.3, 0.4) is 0 Å². The van der Waals surface area contributed by atoms with Gasteiger partial charge in [0.15, 0.2) is 5.82 Å². The van der Waals surface area contributed by atoms with E-state index < -0.39 is 0 Å². The van der Waals surface area contributed by atoms with Gasteiger partial charge >= 0.3 is 0 Å². The van der Waals surface area contributed by atoms with E-state index in [1.54, 1.807) is 12.5 Å². The number of likely N-dealkylation sites (tertiary alicyclic amines) is 1. The van der Waals surface area contributed by atoms with E-state index in [2.05, 4.69) is 49.9 Å². The maximum absolute atomic E-state index is 8.91. The Kier molecular flexibility index (Phi) is 4.99. The zero-order valence-electron chi connectivity index (χ0n) is 15.5. The quantitative estimate of drug-likeness (QED) is 0.697. The molecule has 0 atom stereocenters. The Morgan fingerprint density at radius 2 is 1.89 bits per heavy atom. The maximum Gasteiger partial charge on any atom is 0.152 e. The van der Waals surface area contributed by atoms with Crippen molar-refractivity contribution in [1.82, 2.24) is 29.2 Å². The molecule has 27 heavy (non-hydrogen) atoms. The number of nitriles is 1.